The summed E-state index contributed by atoms with van der Waals surface area (Å²) >= 11 is 6.13. The summed E-state index contributed by atoms with van der Waals surface area (Å²) in [5.41, 5.74) is 1.92. The number of hydrogen-bond acceptors (Lipinski definition) is 1. The minimum Gasteiger partial charge on any atom is -0.339 e. The number of aromatic amines is 1. The van der Waals surface area contributed by atoms with Gasteiger partial charge in [-0.25, -0.2) is 4.98 Å². The van der Waals surface area contributed by atoms with E-state index in [9.17, 15) is 0 Å². The van der Waals surface area contributed by atoms with E-state index in [2.05, 4.69) is 9.97 Å². The van der Waals surface area contributed by atoms with E-state index in [1.54, 1.807) is 6.20 Å². The molecule has 0 amide bonds. The Morgan fingerprint density at radius 2 is 2.07 bits per heavy atom. The fourth-order valence-electron chi connectivity index (χ4n) is 1.74. The van der Waals surface area contributed by atoms with E-state index in [-0.39, 0.29) is 0 Å². The van der Waals surface area contributed by atoms with Crippen LogP contribution < -0.4 is 0 Å². The maximum atomic E-state index is 6.13. The van der Waals surface area contributed by atoms with E-state index in [0.29, 0.717) is 0 Å². The maximum Gasteiger partial charge on any atom is 0.138 e. The smallest absolute Gasteiger partial charge is 0.138 e. The second kappa shape index (κ2) is 2.72. The van der Waals surface area contributed by atoms with Gasteiger partial charge in [0.05, 0.1) is 5.02 Å². The largest absolute Gasteiger partial charge is 0.339 e. The van der Waals surface area contributed by atoms with E-state index in [0.717, 1.165) is 27.0 Å². The average Bonchev–Trinajstić information content (AvgIpc) is 2.57. The van der Waals surface area contributed by atoms with Crippen molar-refractivity contribution in [1.82, 2.24) is 9.97 Å². The fourth-order valence-corrected chi connectivity index (χ4v) is 2.01. The molecular formula is C11H7ClN2. The van der Waals surface area contributed by atoms with Gasteiger partial charge in [0.25, 0.3) is 0 Å². The first-order valence-corrected chi connectivity index (χ1v) is 4.75. The van der Waals surface area contributed by atoms with Crippen molar-refractivity contribution in [1.29, 1.82) is 0 Å². The van der Waals surface area contributed by atoms with Gasteiger partial charge >= 0.3 is 0 Å². The van der Waals surface area contributed by atoms with Crippen LogP contribution in [0.2, 0.25) is 5.02 Å². The van der Waals surface area contributed by atoms with Crippen molar-refractivity contribution in [2.75, 3.05) is 0 Å². The lowest BCUT2D eigenvalue weighted by Gasteiger charge is -1.92. The Bertz CT molecular complexity index is 613. The van der Waals surface area contributed by atoms with Crippen LogP contribution in [0.3, 0.4) is 0 Å². The number of benzene rings is 1. The zero-order valence-corrected chi connectivity index (χ0v) is 8.05. The molecule has 0 fully saturated rings. The van der Waals surface area contributed by atoms with E-state index in [4.69, 9.17) is 11.6 Å². The number of fused-ring (bicyclic) bond motifs is 3. The Labute approximate surface area is 85.5 Å². The number of H-pyrrole nitrogens is 1. The van der Waals surface area contributed by atoms with Crippen LogP contribution in [0.1, 0.15) is 0 Å². The minimum atomic E-state index is 0.766. The molecule has 3 heteroatoms. The van der Waals surface area contributed by atoms with E-state index in [1.165, 1.54) is 0 Å². The molecule has 3 aromatic rings. The first-order chi connectivity index (χ1) is 6.86. The maximum absolute atomic E-state index is 6.13. The molecule has 2 aromatic heterocycles. The van der Waals surface area contributed by atoms with Crippen LogP contribution in [0.15, 0.2) is 36.5 Å². The molecule has 0 saturated carbocycles. The summed E-state index contributed by atoms with van der Waals surface area (Å²) in [6, 6.07) is 9.76. The summed E-state index contributed by atoms with van der Waals surface area (Å²) in [4.78, 5) is 7.47. The van der Waals surface area contributed by atoms with Gasteiger partial charge in [-0.3, -0.25) is 0 Å². The third-order valence-electron chi connectivity index (χ3n) is 2.34. The lowest BCUT2D eigenvalue weighted by atomic mass is 10.2. The molecule has 3 rings (SSSR count). The van der Waals surface area contributed by atoms with Crippen LogP contribution in [-0.4, -0.2) is 9.97 Å². The van der Waals surface area contributed by atoms with Crippen LogP contribution in [0, 0.1) is 0 Å². The predicted molar refractivity (Wildman–Crippen MR) is 58.6 cm³/mol. The van der Waals surface area contributed by atoms with Crippen LogP contribution >= 0.6 is 11.6 Å². The SMILES string of the molecule is Clc1cccc2[nH]c3ncccc3c12. The minimum absolute atomic E-state index is 0.766. The molecule has 0 aliphatic carbocycles. The lowest BCUT2D eigenvalue weighted by molar-refractivity contribution is 1.35. The van der Waals surface area contributed by atoms with Crippen LogP contribution in [0.5, 0.6) is 0 Å². The van der Waals surface area contributed by atoms with Gasteiger partial charge in [0.1, 0.15) is 5.65 Å². The molecular weight excluding hydrogens is 196 g/mol. The van der Waals surface area contributed by atoms with Gasteiger partial charge in [-0.15, -0.1) is 0 Å². The van der Waals surface area contributed by atoms with Crippen molar-refractivity contribution >= 4 is 33.5 Å². The summed E-state index contributed by atoms with van der Waals surface area (Å²) in [7, 11) is 0. The molecule has 0 radical (unpaired) electrons. The molecule has 68 valence electrons. The first-order valence-electron chi connectivity index (χ1n) is 4.37. The Balaban J connectivity index is 2.65. The number of nitrogens with one attached hydrogen (secondary N) is 1. The zero-order valence-electron chi connectivity index (χ0n) is 7.29. The van der Waals surface area contributed by atoms with Gasteiger partial charge in [-0.2, -0.15) is 0 Å². The topological polar surface area (TPSA) is 28.7 Å². The van der Waals surface area contributed by atoms with Crippen molar-refractivity contribution in [3.05, 3.63) is 41.6 Å². The highest BCUT2D eigenvalue weighted by atomic mass is 35.5. The van der Waals surface area contributed by atoms with E-state index in [1.807, 2.05) is 30.3 Å². The normalized spacial score (nSPS) is 11.2. The van der Waals surface area contributed by atoms with E-state index < -0.39 is 0 Å². The zero-order chi connectivity index (χ0) is 9.54. The Kier molecular flexibility index (Phi) is 1.52. The highest BCUT2D eigenvalue weighted by Crippen LogP contribution is 2.29. The molecule has 14 heavy (non-hydrogen) atoms. The van der Waals surface area contributed by atoms with Crippen molar-refractivity contribution in [2.45, 2.75) is 0 Å². The quantitative estimate of drug-likeness (QED) is 0.595. The number of rotatable bonds is 0. The van der Waals surface area contributed by atoms with Gasteiger partial charge in [0.15, 0.2) is 0 Å². The highest BCUT2D eigenvalue weighted by Gasteiger charge is 2.06. The number of hydrogen-bond donors (Lipinski definition) is 1. The molecule has 0 saturated heterocycles. The van der Waals surface area contributed by atoms with Gasteiger partial charge in [0, 0.05) is 22.5 Å². The first kappa shape index (κ1) is 7.83. The Morgan fingerprint density at radius 1 is 1.14 bits per heavy atom. The van der Waals surface area contributed by atoms with Crippen LogP contribution in [0.25, 0.3) is 21.9 Å². The van der Waals surface area contributed by atoms with Crippen LogP contribution in [0.4, 0.5) is 0 Å². The molecule has 2 heterocycles. The monoisotopic (exact) mass is 202 g/mol. The van der Waals surface area contributed by atoms with E-state index >= 15 is 0 Å². The summed E-state index contributed by atoms with van der Waals surface area (Å²) in [6.07, 6.45) is 1.77. The summed E-state index contributed by atoms with van der Waals surface area (Å²) < 4.78 is 0. The van der Waals surface area contributed by atoms with Crippen molar-refractivity contribution in [2.24, 2.45) is 0 Å². The van der Waals surface area contributed by atoms with Crippen molar-refractivity contribution < 1.29 is 0 Å². The predicted octanol–water partition coefficient (Wildman–Crippen LogP) is 3.37. The van der Waals surface area contributed by atoms with Gasteiger partial charge in [-0.1, -0.05) is 17.7 Å². The van der Waals surface area contributed by atoms with Crippen molar-refractivity contribution in [3.63, 3.8) is 0 Å². The molecule has 0 bridgehead atoms. The third-order valence-corrected chi connectivity index (χ3v) is 2.66. The molecule has 0 spiro atoms. The fraction of sp³-hybridized carbons (Fsp3) is 0. The summed E-state index contributed by atoms with van der Waals surface area (Å²) in [6.45, 7) is 0. The van der Waals surface area contributed by atoms with Gasteiger partial charge in [0.2, 0.25) is 0 Å². The molecule has 0 aliphatic rings. The molecule has 0 aliphatic heterocycles. The molecule has 1 aromatic carbocycles. The number of pyridine rings is 1. The molecule has 0 atom stereocenters. The highest BCUT2D eigenvalue weighted by molar-refractivity contribution is 6.37. The van der Waals surface area contributed by atoms with Crippen molar-refractivity contribution in [3.8, 4) is 0 Å². The van der Waals surface area contributed by atoms with Gasteiger partial charge in [-0.05, 0) is 24.3 Å². The lowest BCUT2D eigenvalue weighted by Crippen LogP contribution is -1.71. The standard InChI is InChI=1S/C11H7ClN2/c12-8-4-1-5-9-10(8)7-3-2-6-13-11(7)14-9/h1-6H,(H,13,14). The third kappa shape index (κ3) is 0.946. The van der Waals surface area contributed by atoms with Gasteiger partial charge < -0.3 is 4.98 Å². The molecule has 2 nitrogen and oxygen atoms in total. The van der Waals surface area contributed by atoms with Crippen LogP contribution in [-0.2, 0) is 0 Å². The average molecular weight is 203 g/mol. The summed E-state index contributed by atoms with van der Waals surface area (Å²) in [5.74, 6) is 0. The molecule has 1 N–H and O–H groups in total. The summed E-state index contributed by atoms with van der Waals surface area (Å²) in [5, 5.41) is 2.90. The number of aromatic nitrogens is 2. The Morgan fingerprint density at radius 3 is 3.00 bits per heavy atom. The molecule has 0 unspecified atom stereocenters. The number of nitrogens with zero attached hydrogens (tertiary/aromatic N) is 1. The number of halogens is 1. The second-order valence-electron chi connectivity index (χ2n) is 3.19. The second-order valence-corrected chi connectivity index (χ2v) is 3.59. The Hall–Kier alpha value is -1.54.